The summed E-state index contributed by atoms with van der Waals surface area (Å²) in [4.78, 5) is 4.30. The molecule has 0 radical (unpaired) electrons. The van der Waals surface area contributed by atoms with Crippen molar-refractivity contribution in [3.63, 3.8) is 0 Å². The van der Waals surface area contributed by atoms with Crippen LogP contribution in [-0.2, 0) is 13.1 Å². The SMILES string of the molecule is CCCn1ncnc1Cn1nc(C)c(C(O)CC)c1C. The van der Waals surface area contributed by atoms with Crippen LogP contribution in [0.25, 0.3) is 0 Å². The second-order valence-corrected chi connectivity index (χ2v) is 5.07. The predicted octanol–water partition coefficient (Wildman–Crippen LogP) is 1.99. The number of aromatic nitrogens is 5. The van der Waals surface area contributed by atoms with E-state index in [9.17, 15) is 5.11 Å². The van der Waals surface area contributed by atoms with Crippen LogP contribution in [-0.4, -0.2) is 29.7 Å². The summed E-state index contributed by atoms with van der Waals surface area (Å²) in [6.45, 7) is 9.47. The maximum Gasteiger partial charge on any atom is 0.148 e. The topological polar surface area (TPSA) is 68.8 Å². The van der Waals surface area contributed by atoms with Crippen LogP contribution in [0.1, 0.15) is 55.6 Å². The van der Waals surface area contributed by atoms with Gasteiger partial charge in [0.05, 0.1) is 11.8 Å². The van der Waals surface area contributed by atoms with Crippen molar-refractivity contribution in [1.29, 1.82) is 0 Å². The summed E-state index contributed by atoms with van der Waals surface area (Å²) < 4.78 is 3.81. The van der Waals surface area contributed by atoms with Crippen molar-refractivity contribution in [2.45, 2.75) is 59.7 Å². The Bertz CT molecular complexity index is 572. The van der Waals surface area contributed by atoms with Gasteiger partial charge in [-0.3, -0.25) is 4.68 Å². The van der Waals surface area contributed by atoms with Gasteiger partial charge in [0.15, 0.2) is 0 Å². The Morgan fingerprint density at radius 1 is 1.25 bits per heavy atom. The first-order valence-electron chi connectivity index (χ1n) is 7.17. The van der Waals surface area contributed by atoms with E-state index in [1.807, 2.05) is 30.1 Å². The molecule has 0 bridgehead atoms. The predicted molar refractivity (Wildman–Crippen MR) is 76.4 cm³/mol. The van der Waals surface area contributed by atoms with Crippen LogP contribution < -0.4 is 0 Å². The second kappa shape index (κ2) is 6.17. The maximum absolute atomic E-state index is 10.1. The lowest BCUT2D eigenvalue weighted by Gasteiger charge is -2.09. The van der Waals surface area contributed by atoms with Gasteiger partial charge in [-0.2, -0.15) is 10.2 Å². The zero-order valence-electron chi connectivity index (χ0n) is 12.7. The summed E-state index contributed by atoms with van der Waals surface area (Å²) in [6.07, 6.45) is 2.85. The van der Waals surface area contributed by atoms with E-state index < -0.39 is 6.10 Å². The molecule has 0 saturated carbocycles. The quantitative estimate of drug-likeness (QED) is 0.876. The number of aliphatic hydroxyl groups is 1. The third-order valence-corrected chi connectivity index (χ3v) is 3.58. The molecule has 0 aliphatic heterocycles. The number of aliphatic hydroxyl groups excluding tert-OH is 1. The number of aryl methyl sites for hydroxylation is 2. The second-order valence-electron chi connectivity index (χ2n) is 5.07. The Hall–Kier alpha value is -1.69. The molecule has 1 N–H and O–H groups in total. The number of nitrogens with zero attached hydrogens (tertiary/aromatic N) is 5. The van der Waals surface area contributed by atoms with E-state index in [0.29, 0.717) is 13.0 Å². The van der Waals surface area contributed by atoms with Crippen molar-refractivity contribution in [3.05, 3.63) is 29.1 Å². The summed E-state index contributed by atoms with van der Waals surface area (Å²) in [5.74, 6) is 0.898. The Kier molecular flexibility index (Phi) is 4.54. The van der Waals surface area contributed by atoms with Crippen LogP contribution in [0.4, 0.5) is 0 Å². The van der Waals surface area contributed by atoms with Gasteiger partial charge in [-0.05, 0) is 26.7 Å². The molecule has 0 amide bonds. The number of hydrogen-bond donors (Lipinski definition) is 1. The van der Waals surface area contributed by atoms with Gasteiger partial charge in [-0.15, -0.1) is 0 Å². The molecular formula is C14H23N5O. The minimum atomic E-state index is -0.447. The molecule has 6 heteroatoms. The van der Waals surface area contributed by atoms with Crippen LogP contribution in [0.5, 0.6) is 0 Å². The monoisotopic (exact) mass is 277 g/mol. The molecule has 0 aliphatic carbocycles. The smallest absolute Gasteiger partial charge is 0.148 e. The van der Waals surface area contributed by atoms with E-state index in [0.717, 1.165) is 35.7 Å². The summed E-state index contributed by atoms with van der Waals surface area (Å²) in [5.41, 5.74) is 2.83. The van der Waals surface area contributed by atoms with Gasteiger partial charge in [-0.25, -0.2) is 9.67 Å². The van der Waals surface area contributed by atoms with Crippen LogP contribution in [0, 0.1) is 13.8 Å². The Morgan fingerprint density at radius 3 is 2.65 bits per heavy atom. The third-order valence-electron chi connectivity index (χ3n) is 3.58. The number of hydrogen-bond acceptors (Lipinski definition) is 4. The molecule has 1 unspecified atom stereocenters. The first kappa shape index (κ1) is 14.7. The fourth-order valence-corrected chi connectivity index (χ4v) is 2.49. The maximum atomic E-state index is 10.1. The fourth-order valence-electron chi connectivity index (χ4n) is 2.49. The molecule has 0 spiro atoms. The molecule has 20 heavy (non-hydrogen) atoms. The Morgan fingerprint density at radius 2 is 2.00 bits per heavy atom. The van der Waals surface area contributed by atoms with E-state index in [1.165, 1.54) is 0 Å². The van der Waals surface area contributed by atoms with Crippen LogP contribution >= 0.6 is 0 Å². The third kappa shape index (κ3) is 2.75. The Balaban J connectivity index is 2.28. The van der Waals surface area contributed by atoms with Crippen LogP contribution in [0.2, 0.25) is 0 Å². The van der Waals surface area contributed by atoms with Gasteiger partial charge >= 0.3 is 0 Å². The van der Waals surface area contributed by atoms with E-state index in [4.69, 9.17) is 0 Å². The lowest BCUT2D eigenvalue weighted by Crippen LogP contribution is -2.12. The summed E-state index contributed by atoms with van der Waals surface area (Å²) in [5, 5.41) is 18.8. The first-order valence-corrected chi connectivity index (χ1v) is 7.17. The van der Waals surface area contributed by atoms with Gasteiger partial charge in [0.2, 0.25) is 0 Å². The first-order chi connectivity index (χ1) is 9.58. The van der Waals surface area contributed by atoms with Crippen LogP contribution in [0.3, 0.4) is 0 Å². The minimum absolute atomic E-state index is 0.447. The van der Waals surface area contributed by atoms with Crippen molar-refractivity contribution in [1.82, 2.24) is 24.5 Å². The van der Waals surface area contributed by atoms with Crippen LogP contribution in [0.15, 0.2) is 6.33 Å². The average molecular weight is 277 g/mol. The highest BCUT2D eigenvalue weighted by molar-refractivity contribution is 5.27. The molecule has 6 nitrogen and oxygen atoms in total. The summed E-state index contributed by atoms with van der Waals surface area (Å²) in [7, 11) is 0. The molecule has 110 valence electrons. The normalized spacial score (nSPS) is 12.8. The van der Waals surface area contributed by atoms with Crippen molar-refractivity contribution in [2.75, 3.05) is 0 Å². The highest BCUT2D eigenvalue weighted by Crippen LogP contribution is 2.24. The van der Waals surface area contributed by atoms with Crippen molar-refractivity contribution in [3.8, 4) is 0 Å². The molecule has 0 fully saturated rings. The largest absolute Gasteiger partial charge is 0.388 e. The molecule has 2 heterocycles. The molecule has 0 aliphatic rings. The highest BCUT2D eigenvalue weighted by Gasteiger charge is 2.18. The fraction of sp³-hybridized carbons (Fsp3) is 0.643. The van der Waals surface area contributed by atoms with Gasteiger partial charge in [-0.1, -0.05) is 13.8 Å². The average Bonchev–Trinajstić information content (AvgIpc) is 2.96. The lowest BCUT2D eigenvalue weighted by atomic mass is 10.1. The van der Waals surface area contributed by atoms with Gasteiger partial charge in [0.25, 0.3) is 0 Å². The lowest BCUT2D eigenvalue weighted by molar-refractivity contribution is 0.172. The van der Waals surface area contributed by atoms with E-state index >= 15 is 0 Å². The van der Waals surface area contributed by atoms with Crippen molar-refractivity contribution < 1.29 is 5.11 Å². The molecular weight excluding hydrogens is 254 g/mol. The zero-order chi connectivity index (χ0) is 14.7. The van der Waals surface area contributed by atoms with E-state index in [-0.39, 0.29) is 0 Å². The molecule has 2 aromatic rings. The molecule has 0 saturated heterocycles. The molecule has 2 rings (SSSR count). The molecule has 0 aromatic carbocycles. The van der Waals surface area contributed by atoms with Crippen molar-refractivity contribution >= 4 is 0 Å². The van der Waals surface area contributed by atoms with Gasteiger partial charge < -0.3 is 5.11 Å². The van der Waals surface area contributed by atoms with Gasteiger partial charge in [0, 0.05) is 17.8 Å². The minimum Gasteiger partial charge on any atom is -0.388 e. The van der Waals surface area contributed by atoms with E-state index in [2.05, 4.69) is 22.1 Å². The summed E-state index contributed by atoms with van der Waals surface area (Å²) >= 11 is 0. The Labute approximate surface area is 119 Å². The standard InChI is InChI=1S/C14H23N5O/c1-5-7-18-13(15-9-16-18)8-19-11(4)14(10(3)17-19)12(20)6-2/h9,12,20H,5-8H2,1-4H3. The van der Waals surface area contributed by atoms with Crippen molar-refractivity contribution in [2.24, 2.45) is 0 Å². The van der Waals surface area contributed by atoms with E-state index in [1.54, 1.807) is 6.33 Å². The summed E-state index contributed by atoms with van der Waals surface area (Å²) in [6, 6.07) is 0. The molecule has 1 atom stereocenters. The molecule has 2 aromatic heterocycles. The highest BCUT2D eigenvalue weighted by atomic mass is 16.3. The van der Waals surface area contributed by atoms with Gasteiger partial charge in [0.1, 0.15) is 18.7 Å². The number of rotatable bonds is 6. The zero-order valence-corrected chi connectivity index (χ0v) is 12.7.